The van der Waals surface area contributed by atoms with Crippen molar-refractivity contribution in [3.8, 4) is 5.75 Å². The van der Waals surface area contributed by atoms with Crippen molar-refractivity contribution in [3.05, 3.63) is 57.5 Å². The Labute approximate surface area is 193 Å². The lowest BCUT2D eigenvalue weighted by Crippen LogP contribution is -2.38. The van der Waals surface area contributed by atoms with Crippen molar-refractivity contribution >= 4 is 73.2 Å². The summed E-state index contributed by atoms with van der Waals surface area (Å²) in [5, 5.41) is 1.32. The van der Waals surface area contributed by atoms with E-state index in [1.165, 1.54) is 11.8 Å². The monoisotopic (exact) mass is 504 g/mol. The molecule has 2 fully saturated rings. The first-order valence-corrected chi connectivity index (χ1v) is 12.7. The molecule has 0 unspecified atom stereocenters. The van der Waals surface area contributed by atoms with Crippen LogP contribution in [0.15, 0.2) is 47.5 Å². The van der Waals surface area contributed by atoms with Crippen molar-refractivity contribution in [2.24, 2.45) is 4.99 Å². The molecule has 30 heavy (non-hydrogen) atoms. The van der Waals surface area contributed by atoms with Crippen LogP contribution >= 0.6 is 46.6 Å². The third kappa shape index (κ3) is 4.57. The van der Waals surface area contributed by atoms with Gasteiger partial charge in [-0.05, 0) is 36.4 Å². The first-order valence-electron chi connectivity index (χ1n) is 8.84. The van der Waals surface area contributed by atoms with Gasteiger partial charge in [0, 0.05) is 10.3 Å². The van der Waals surface area contributed by atoms with E-state index in [0.717, 1.165) is 0 Å². The van der Waals surface area contributed by atoms with Gasteiger partial charge in [0.15, 0.2) is 21.6 Å². The van der Waals surface area contributed by atoms with Gasteiger partial charge >= 0.3 is 0 Å². The van der Waals surface area contributed by atoms with E-state index in [1.807, 2.05) is 0 Å². The summed E-state index contributed by atoms with van der Waals surface area (Å²) in [6.45, 7) is -0.267. The molecule has 11 heteroatoms. The number of carbonyl (C=O) groups is 1. The second-order valence-electron chi connectivity index (χ2n) is 6.77. The molecule has 158 valence electrons. The average molecular weight is 506 g/mol. The van der Waals surface area contributed by atoms with Crippen LogP contribution < -0.4 is 9.64 Å². The Hall–Kier alpha value is -1.45. The molecule has 6 nitrogen and oxygen atoms in total. The van der Waals surface area contributed by atoms with Crippen LogP contribution in [0.2, 0.25) is 15.1 Å². The van der Waals surface area contributed by atoms with Crippen molar-refractivity contribution in [1.82, 2.24) is 0 Å². The summed E-state index contributed by atoms with van der Waals surface area (Å²) in [6.07, 6.45) is 0. The van der Waals surface area contributed by atoms with Gasteiger partial charge < -0.3 is 9.64 Å². The number of sulfone groups is 1. The summed E-state index contributed by atoms with van der Waals surface area (Å²) in [5.74, 6) is -0.0313. The molecular formula is C19H15Cl3N2O4S2. The molecular weight excluding hydrogens is 491 g/mol. The Balaban J connectivity index is 1.59. The molecule has 0 aliphatic carbocycles. The van der Waals surface area contributed by atoms with Crippen LogP contribution in [0.4, 0.5) is 5.69 Å². The number of amides is 1. The number of aliphatic imine (C=N–C) groups is 1. The van der Waals surface area contributed by atoms with Gasteiger partial charge in [-0.1, -0.05) is 52.6 Å². The molecule has 0 saturated carbocycles. The second kappa shape index (κ2) is 8.59. The fraction of sp³-hybridized carbons (Fsp3) is 0.263. The van der Waals surface area contributed by atoms with Crippen LogP contribution in [0.3, 0.4) is 0 Å². The average Bonchev–Trinajstić information content (AvgIpc) is 3.14. The number of nitrogens with zero attached hydrogens (tertiary/aromatic N) is 2. The smallest absolute Gasteiger partial charge is 0.285 e. The third-order valence-corrected chi connectivity index (χ3v) is 8.92. The zero-order valence-electron chi connectivity index (χ0n) is 15.3. The van der Waals surface area contributed by atoms with Crippen molar-refractivity contribution in [2.45, 2.75) is 11.3 Å². The van der Waals surface area contributed by atoms with Gasteiger partial charge in [0.05, 0.1) is 33.3 Å². The van der Waals surface area contributed by atoms with Gasteiger partial charge in [-0.3, -0.25) is 4.79 Å². The van der Waals surface area contributed by atoms with E-state index < -0.39 is 15.7 Å². The number of thioether (sulfide) groups is 1. The van der Waals surface area contributed by atoms with Gasteiger partial charge in [-0.25, -0.2) is 8.42 Å². The molecule has 4 rings (SSSR count). The van der Waals surface area contributed by atoms with Crippen LogP contribution in [0, 0.1) is 0 Å². The lowest BCUT2D eigenvalue weighted by Gasteiger charge is -2.25. The van der Waals surface area contributed by atoms with E-state index in [1.54, 1.807) is 47.4 Å². The summed E-state index contributed by atoms with van der Waals surface area (Å²) in [6, 6.07) is 11.3. The Kier molecular flexibility index (Phi) is 6.23. The molecule has 2 aliphatic heterocycles. The molecule has 1 amide bonds. The maximum absolute atomic E-state index is 12.5. The van der Waals surface area contributed by atoms with Crippen molar-refractivity contribution in [1.29, 1.82) is 0 Å². The molecule has 2 aromatic carbocycles. The van der Waals surface area contributed by atoms with E-state index >= 15 is 0 Å². The molecule has 2 aliphatic rings. The molecule has 2 saturated heterocycles. The minimum Gasteiger partial charge on any atom is -0.484 e. The predicted octanol–water partition coefficient (Wildman–Crippen LogP) is 4.33. The van der Waals surface area contributed by atoms with E-state index in [9.17, 15) is 13.2 Å². The molecule has 0 bridgehead atoms. The number of rotatable bonds is 4. The Bertz CT molecular complexity index is 1120. The normalized spacial score (nSPS) is 23.6. The van der Waals surface area contributed by atoms with Crippen molar-refractivity contribution in [2.75, 3.05) is 23.0 Å². The fourth-order valence-electron chi connectivity index (χ4n) is 3.34. The van der Waals surface area contributed by atoms with Crippen LogP contribution in [0.25, 0.3) is 0 Å². The highest BCUT2D eigenvalue weighted by atomic mass is 35.5. The first-order chi connectivity index (χ1) is 14.2. The number of ether oxygens (including phenoxy) is 1. The summed E-state index contributed by atoms with van der Waals surface area (Å²) < 4.78 is 29.8. The number of carbonyl (C=O) groups excluding carboxylic acids is 1. The lowest BCUT2D eigenvalue weighted by molar-refractivity contribution is -0.119. The lowest BCUT2D eigenvalue weighted by atomic mass is 10.2. The predicted molar refractivity (Wildman–Crippen MR) is 122 cm³/mol. The van der Waals surface area contributed by atoms with Gasteiger partial charge in [0.1, 0.15) is 5.75 Å². The second-order valence-corrected chi connectivity index (χ2v) is 11.4. The van der Waals surface area contributed by atoms with Gasteiger partial charge in [-0.15, -0.1) is 0 Å². The maximum Gasteiger partial charge on any atom is 0.285 e. The third-order valence-electron chi connectivity index (χ3n) is 4.65. The number of amidine groups is 1. The van der Waals surface area contributed by atoms with E-state index in [2.05, 4.69) is 4.99 Å². The summed E-state index contributed by atoms with van der Waals surface area (Å²) in [5.41, 5.74) is 0.520. The topological polar surface area (TPSA) is 76.0 Å². The van der Waals surface area contributed by atoms with E-state index in [4.69, 9.17) is 39.5 Å². The van der Waals surface area contributed by atoms with E-state index in [0.29, 0.717) is 26.6 Å². The molecule has 2 atom stereocenters. The number of benzene rings is 2. The number of anilines is 1. The van der Waals surface area contributed by atoms with Crippen LogP contribution in [0.5, 0.6) is 5.75 Å². The minimum absolute atomic E-state index is 0.0193. The number of hydrogen-bond acceptors (Lipinski definition) is 5. The highest BCUT2D eigenvalue weighted by Crippen LogP contribution is 2.44. The van der Waals surface area contributed by atoms with Gasteiger partial charge in [0.2, 0.25) is 0 Å². The van der Waals surface area contributed by atoms with Gasteiger partial charge in [0.25, 0.3) is 5.91 Å². The number of fused-ring (bicyclic) bond motifs is 1. The minimum atomic E-state index is -3.19. The highest BCUT2D eigenvalue weighted by molar-refractivity contribution is 8.16. The van der Waals surface area contributed by atoms with Crippen molar-refractivity contribution < 1.29 is 17.9 Å². The van der Waals surface area contributed by atoms with Crippen molar-refractivity contribution in [3.63, 3.8) is 0 Å². The Morgan fingerprint density at radius 3 is 2.60 bits per heavy atom. The van der Waals surface area contributed by atoms with Gasteiger partial charge in [-0.2, -0.15) is 4.99 Å². The molecule has 0 spiro atoms. The fourth-order valence-corrected chi connectivity index (χ4v) is 7.78. The Morgan fingerprint density at radius 1 is 1.13 bits per heavy atom. The largest absolute Gasteiger partial charge is 0.484 e. The standard InChI is InChI=1S/C19H15Cl3N2O4S2/c20-11-4-6-12(7-5-11)28-8-17(25)23-19-24(14-3-1-2-13(21)18(14)22)15-9-30(26,27)10-16(15)29-19/h1-7,15-16H,8-10H2/t15-,16-/m0/s1. The highest BCUT2D eigenvalue weighted by Gasteiger charge is 2.49. The zero-order valence-corrected chi connectivity index (χ0v) is 19.2. The summed E-state index contributed by atoms with van der Waals surface area (Å²) in [7, 11) is -3.19. The Morgan fingerprint density at radius 2 is 1.87 bits per heavy atom. The molecule has 0 aromatic heterocycles. The SMILES string of the molecule is O=C(COc1ccc(Cl)cc1)N=C1S[C@H]2CS(=O)(=O)C[C@@H]2N1c1cccc(Cl)c1Cl. The molecule has 0 N–H and O–H groups in total. The van der Waals surface area contributed by atoms with E-state index in [-0.39, 0.29) is 34.4 Å². The molecule has 0 radical (unpaired) electrons. The first kappa shape index (κ1) is 21.8. The number of hydrogen-bond donors (Lipinski definition) is 0. The zero-order chi connectivity index (χ0) is 21.5. The van der Waals surface area contributed by atoms with Crippen LogP contribution in [0.1, 0.15) is 0 Å². The summed E-state index contributed by atoms with van der Waals surface area (Å²) >= 11 is 19.6. The van der Waals surface area contributed by atoms with Crippen LogP contribution in [-0.2, 0) is 14.6 Å². The number of halogens is 3. The summed E-state index contributed by atoms with van der Waals surface area (Å²) in [4.78, 5) is 18.3. The quantitative estimate of drug-likeness (QED) is 0.616. The maximum atomic E-state index is 12.5. The molecule has 2 aromatic rings. The molecule has 2 heterocycles. The van der Waals surface area contributed by atoms with Crippen LogP contribution in [-0.4, -0.2) is 48.9 Å².